The summed E-state index contributed by atoms with van der Waals surface area (Å²) < 4.78 is 55.2. The van der Waals surface area contributed by atoms with E-state index in [0.717, 1.165) is 34.4 Å². The smallest absolute Gasteiger partial charge is 0.416 e. The number of hydrogen-bond donors (Lipinski definition) is 1. The summed E-state index contributed by atoms with van der Waals surface area (Å²) in [6, 6.07) is 15.6. The number of hydrogen-bond acceptors (Lipinski definition) is 4. The molecule has 1 aromatic heterocycles. The first-order valence-electron chi connectivity index (χ1n) is 11.2. The molecule has 0 unspecified atom stereocenters. The average molecular weight is 495 g/mol. The Kier molecular flexibility index (Phi) is 7.05. The molecule has 1 heterocycles. The standard InChI is InChI=1S/C28H24F3NO4/c1-4-35-25-15-26-23(24(16-36-26)18-5-11-21(34-3)12-6-18)14-22(25)17(2)13-27(33)32-20-9-7-19(8-10-20)28(29,30)31/h5-16H,4H2,1-3H3,(H,32,33)/b17-13+. The number of anilines is 1. The van der Waals surface area contributed by atoms with Gasteiger partial charge in [0.05, 0.1) is 25.5 Å². The van der Waals surface area contributed by atoms with Crippen LogP contribution >= 0.6 is 0 Å². The molecule has 0 fully saturated rings. The molecular formula is C28H24F3NO4. The molecule has 0 aliphatic heterocycles. The molecule has 8 heteroatoms. The second kappa shape index (κ2) is 10.2. The van der Waals surface area contributed by atoms with Gasteiger partial charge in [-0.25, -0.2) is 0 Å². The summed E-state index contributed by atoms with van der Waals surface area (Å²) in [7, 11) is 1.60. The van der Waals surface area contributed by atoms with E-state index in [1.807, 2.05) is 37.3 Å². The second-order valence-corrected chi connectivity index (χ2v) is 8.05. The number of carbonyl (C=O) groups excluding carboxylic acids is 1. The van der Waals surface area contributed by atoms with Crippen molar-refractivity contribution in [1.82, 2.24) is 0 Å². The number of benzene rings is 3. The fourth-order valence-corrected chi connectivity index (χ4v) is 3.83. The van der Waals surface area contributed by atoms with Crippen LogP contribution in [-0.4, -0.2) is 19.6 Å². The van der Waals surface area contributed by atoms with Crippen LogP contribution in [-0.2, 0) is 11.0 Å². The lowest BCUT2D eigenvalue weighted by Gasteiger charge is -2.12. The number of rotatable bonds is 7. The second-order valence-electron chi connectivity index (χ2n) is 8.05. The van der Waals surface area contributed by atoms with Gasteiger partial charge in [-0.1, -0.05) is 12.1 Å². The number of fused-ring (bicyclic) bond motifs is 1. The first-order chi connectivity index (χ1) is 17.2. The highest BCUT2D eigenvalue weighted by molar-refractivity contribution is 6.05. The predicted octanol–water partition coefficient (Wildman–Crippen LogP) is 7.57. The molecule has 4 rings (SSSR count). The fraction of sp³-hybridized carbons (Fsp3) is 0.179. The lowest BCUT2D eigenvalue weighted by molar-refractivity contribution is -0.137. The van der Waals surface area contributed by atoms with E-state index in [-0.39, 0.29) is 5.69 Å². The third kappa shape index (κ3) is 5.38. The number of ether oxygens (including phenoxy) is 2. The molecule has 1 amide bonds. The molecule has 0 saturated carbocycles. The van der Waals surface area contributed by atoms with E-state index in [9.17, 15) is 18.0 Å². The van der Waals surface area contributed by atoms with Crippen molar-refractivity contribution in [1.29, 1.82) is 0 Å². The number of allylic oxidation sites excluding steroid dienone is 1. The summed E-state index contributed by atoms with van der Waals surface area (Å²) in [4.78, 5) is 12.6. The van der Waals surface area contributed by atoms with Gasteiger partial charge in [0.25, 0.3) is 0 Å². The Hall–Kier alpha value is -4.20. The van der Waals surface area contributed by atoms with Crippen LogP contribution in [0.4, 0.5) is 18.9 Å². The zero-order valence-electron chi connectivity index (χ0n) is 19.9. The summed E-state index contributed by atoms with van der Waals surface area (Å²) in [5.41, 5.74) is 3.24. The van der Waals surface area contributed by atoms with Gasteiger partial charge in [-0.2, -0.15) is 13.2 Å². The maximum atomic E-state index is 12.8. The lowest BCUT2D eigenvalue weighted by atomic mass is 9.99. The summed E-state index contributed by atoms with van der Waals surface area (Å²) in [6.07, 6.45) is -1.39. The molecule has 4 aromatic rings. The van der Waals surface area contributed by atoms with Gasteiger partial charge in [-0.3, -0.25) is 4.79 Å². The van der Waals surface area contributed by atoms with Crippen LogP contribution < -0.4 is 14.8 Å². The summed E-state index contributed by atoms with van der Waals surface area (Å²) in [5, 5.41) is 3.44. The first-order valence-corrected chi connectivity index (χ1v) is 11.2. The zero-order chi connectivity index (χ0) is 25.9. The molecule has 0 saturated heterocycles. The molecule has 0 atom stereocenters. The van der Waals surface area contributed by atoms with Gasteiger partial charge in [0, 0.05) is 34.3 Å². The van der Waals surface area contributed by atoms with Crippen LogP contribution in [0.5, 0.6) is 11.5 Å². The molecule has 3 aromatic carbocycles. The lowest BCUT2D eigenvalue weighted by Crippen LogP contribution is -2.10. The van der Waals surface area contributed by atoms with Gasteiger partial charge < -0.3 is 19.2 Å². The number of methoxy groups -OCH3 is 1. The Balaban J connectivity index is 1.65. The van der Waals surface area contributed by atoms with E-state index in [1.54, 1.807) is 26.4 Å². The van der Waals surface area contributed by atoms with Gasteiger partial charge in [0.1, 0.15) is 17.1 Å². The summed E-state index contributed by atoms with van der Waals surface area (Å²) in [6.45, 7) is 4.04. The average Bonchev–Trinajstić information content (AvgIpc) is 3.26. The maximum absolute atomic E-state index is 12.8. The predicted molar refractivity (Wildman–Crippen MR) is 133 cm³/mol. The fourth-order valence-electron chi connectivity index (χ4n) is 3.83. The number of halogens is 3. The largest absolute Gasteiger partial charge is 0.497 e. The molecular weight excluding hydrogens is 471 g/mol. The Morgan fingerprint density at radius 2 is 1.75 bits per heavy atom. The molecule has 0 spiro atoms. The molecule has 5 nitrogen and oxygen atoms in total. The third-order valence-electron chi connectivity index (χ3n) is 5.63. The van der Waals surface area contributed by atoms with Crippen molar-refractivity contribution in [2.24, 2.45) is 0 Å². The van der Waals surface area contributed by atoms with Crippen LogP contribution in [0.2, 0.25) is 0 Å². The quantitative estimate of drug-likeness (QED) is 0.269. The van der Waals surface area contributed by atoms with Crippen molar-refractivity contribution in [3.8, 4) is 22.6 Å². The SMILES string of the molecule is CCOc1cc2occ(-c3ccc(OC)cc3)c2cc1/C(C)=C/C(=O)Nc1ccc(C(F)(F)F)cc1. The minimum absolute atomic E-state index is 0.258. The Bertz CT molecular complexity index is 1400. The minimum Gasteiger partial charge on any atom is -0.497 e. The van der Waals surface area contributed by atoms with Crippen molar-refractivity contribution in [2.75, 3.05) is 19.0 Å². The number of nitrogens with one attached hydrogen (secondary N) is 1. The topological polar surface area (TPSA) is 60.7 Å². The highest BCUT2D eigenvalue weighted by Crippen LogP contribution is 2.38. The molecule has 0 aliphatic carbocycles. The molecule has 0 aliphatic rings. The summed E-state index contributed by atoms with van der Waals surface area (Å²) >= 11 is 0. The highest BCUT2D eigenvalue weighted by atomic mass is 19.4. The van der Waals surface area contributed by atoms with E-state index in [1.165, 1.54) is 18.2 Å². The van der Waals surface area contributed by atoms with Gasteiger partial charge in [-0.15, -0.1) is 0 Å². The van der Waals surface area contributed by atoms with Crippen molar-refractivity contribution < 1.29 is 31.9 Å². The van der Waals surface area contributed by atoms with Crippen molar-refractivity contribution in [3.63, 3.8) is 0 Å². The Morgan fingerprint density at radius 3 is 2.36 bits per heavy atom. The van der Waals surface area contributed by atoms with E-state index >= 15 is 0 Å². The van der Waals surface area contributed by atoms with Crippen molar-refractivity contribution in [2.45, 2.75) is 20.0 Å². The molecule has 0 bridgehead atoms. The number of amides is 1. The van der Waals surface area contributed by atoms with Crippen LogP contribution in [0.1, 0.15) is 25.0 Å². The van der Waals surface area contributed by atoms with Gasteiger partial charge in [0.2, 0.25) is 5.91 Å². The third-order valence-corrected chi connectivity index (χ3v) is 5.63. The molecule has 1 N–H and O–H groups in total. The minimum atomic E-state index is -4.44. The monoisotopic (exact) mass is 495 g/mol. The number of carbonyl (C=O) groups is 1. The normalized spacial score (nSPS) is 12.0. The Labute approximate surface area is 206 Å². The van der Waals surface area contributed by atoms with E-state index in [2.05, 4.69) is 5.32 Å². The number of alkyl halides is 3. The van der Waals surface area contributed by atoms with E-state index in [4.69, 9.17) is 13.9 Å². The highest BCUT2D eigenvalue weighted by Gasteiger charge is 2.30. The van der Waals surface area contributed by atoms with E-state index < -0.39 is 17.6 Å². The Morgan fingerprint density at radius 1 is 1.06 bits per heavy atom. The molecule has 0 radical (unpaired) electrons. The van der Waals surface area contributed by atoms with Gasteiger partial charge in [-0.05, 0) is 67.4 Å². The van der Waals surface area contributed by atoms with Crippen LogP contribution in [0.3, 0.4) is 0 Å². The number of furan rings is 1. The van der Waals surface area contributed by atoms with Crippen molar-refractivity contribution >= 4 is 28.1 Å². The van der Waals surface area contributed by atoms with Crippen LogP contribution in [0.15, 0.2) is 77.4 Å². The van der Waals surface area contributed by atoms with E-state index in [0.29, 0.717) is 29.1 Å². The van der Waals surface area contributed by atoms with Gasteiger partial charge >= 0.3 is 6.18 Å². The zero-order valence-corrected chi connectivity index (χ0v) is 19.9. The molecule has 36 heavy (non-hydrogen) atoms. The van der Waals surface area contributed by atoms with Crippen molar-refractivity contribution in [3.05, 3.63) is 84.1 Å². The van der Waals surface area contributed by atoms with Crippen LogP contribution in [0, 0.1) is 0 Å². The van der Waals surface area contributed by atoms with Crippen LogP contribution in [0.25, 0.3) is 27.7 Å². The van der Waals surface area contributed by atoms with Gasteiger partial charge in [0.15, 0.2) is 0 Å². The molecule has 186 valence electrons. The maximum Gasteiger partial charge on any atom is 0.416 e. The first kappa shape index (κ1) is 24.9. The summed E-state index contributed by atoms with van der Waals surface area (Å²) in [5.74, 6) is 0.817.